The van der Waals surface area contributed by atoms with Crippen LogP contribution in [0.1, 0.15) is 52.1 Å². The molecule has 0 unspecified atom stereocenters. The Labute approximate surface area is 207 Å². The van der Waals surface area contributed by atoms with Gasteiger partial charge >= 0.3 is 5.76 Å². The van der Waals surface area contributed by atoms with Gasteiger partial charge in [0.25, 0.3) is 0 Å². The van der Waals surface area contributed by atoms with E-state index in [-0.39, 0.29) is 0 Å². The van der Waals surface area contributed by atoms with E-state index in [2.05, 4.69) is 52.8 Å². The number of rotatable bonds is 4. The quantitative estimate of drug-likeness (QED) is 0.397. The molecule has 0 atom stereocenters. The SMILES string of the molecule is CCc1nc2c(C)cc(C)nc2n1Cc1ccc2c(c1)COc1ccccc1C2=Cc1noc(=O)[nH]1. The summed E-state index contributed by atoms with van der Waals surface area (Å²) in [5.74, 6) is 1.56. The van der Waals surface area contributed by atoms with E-state index in [1.54, 1.807) is 0 Å². The Balaban J connectivity index is 1.46. The van der Waals surface area contributed by atoms with Crippen molar-refractivity contribution in [2.75, 3.05) is 0 Å². The minimum absolute atomic E-state index is 0.357. The van der Waals surface area contributed by atoms with Crippen molar-refractivity contribution in [2.45, 2.75) is 40.3 Å². The molecule has 0 bridgehead atoms. The van der Waals surface area contributed by atoms with Gasteiger partial charge in [0.05, 0.1) is 6.54 Å². The van der Waals surface area contributed by atoms with Crippen LogP contribution in [0.3, 0.4) is 0 Å². The van der Waals surface area contributed by atoms with Gasteiger partial charge in [-0.2, -0.15) is 0 Å². The maximum Gasteiger partial charge on any atom is 0.439 e. The van der Waals surface area contributed by atoms with Crippen molar-refractivity contribution >= 4 is 22.8 Å². The Morgan fingerprint density at radius 2 is 1.94 bits per heavy atom. The molecule has 180 valence electrons. The number of hydrogen-bond donors (Lipinski definition) is 1. The largest absolute Gasteiger partial charge is 0.488 e. The molecule has 0 radical (unpaired) electrons. The number of hydrogen-bond acceptors (Lipinski definition) is 6. The normalized spacial score (nSPS) is 13.9. The third kappa shape index (κ3) is 3.80. The van der Waals surface area contributed by atoms with Crippen LogP contribution in [0.5, 0.6) is 5.75 Å². The Hall–Kier alpha value is -4.46. The fraction of sp³-hybridized carbons (Fsp3) is 0.214. The van der Waals surface area contributed by atoms with Gasteiger partial charge in [-0.1, -0.05) is 42.4 Å². The average molecular weight is 480 g/mol. The number of para-hydroxylation sites is 1. The van der Waals surface area contributed by atoms with Crippen molar-refractivity contribution in [3.63, 3.8) is 0 Å². The van der Waals surface area contributed by atoms with Gasteiger partial charge in [0.1, 0.15) is 23.7 Å². The van der Waals surface area contributed by atoms with E-state index in [1.165, 1.54) is 0 Å². The van der Waals surface area contributed by atoms with Crippen LogP contribution >= 0.6 is 0 Å². The van der Waals surface area contributed by atoms with Crippen molar-refractivity contribution in [3.05, 3.63) is 104 Å². The van der Waals surface area contributed by atoms with E-state index < -0.39 is 5.76 Å². The van der Waals surface area contributed by atoms with Crippen LogP contribution in [0.4, 0.5) is 0 Å². The molecule has 8 nitrogen and oxygen atoms in total. The molecule has 5 aromatic rings. The third-order valence-electron chi connectivity index (χ3n) is 6.52. The average Bonchev–Trinajstić information content (AvgIpc) is 3.40. The summed E-state index contributed by atoms with van der Waals surface area (Å²) < 4.78 is 13.1. The summed E-state index contributed by atoms with van der Waals surface area (Å²) in [6.45, 7) is 7.30. The predicted octanol–water partition coefficient (Wildman–Crippen LogP) is 4.82. The van der Waals surface area contributed by atoms with Gasteiger partial charge in [0.15, 0.2) is 11.5 Å². The van der Waals surface area contributed by atoms with Crippen LogP contribution in [-0.2, 0) is 19.6 Å². The van der Waals surface area contributed by atoms with Crippen LogP contribution in [0.2, 0.25) is 0 Å². The second-order valence-corrected chi connectivity index (χ2v) is 9.04. The lowest BCUT2D eigenvalue weighted by molar-refractivity contribution is 0.307. The first-order valence-corrected chi connectivity index (χ1v) is 12.0. The maximum absolute atomic E-state index is 11.5. The molecular formula is C28H25N5O3. The van der Waals surface area contributed by atoms with Gasteiger partial charge in [0.2, 0.25) is 0 Å². The number of imidazole rings is 1. The van der Waals surface area contributed by atoms with E-state index in [4.69, 9.17) is 19.2 Å². The first-order valence-electron chi connectivity index (χ1n) is 12.0. The molecule has 2 aromatic carbocycles. The van der Waals surface area contributed by atoms with Gasteiger partial charge in [-0.15, -0.1) is 0 Å². The summed E-state index contributed by atoms with van der Waals surface area (Å²) in [6, 6.07) is 16.3. The minimum Gasteiger partial charge on any atom is -0.488 e. The first kappa shape index (κ1) is 22.0. The second-order valence-electron chi connectivity index (χ2n) is 9.04. The lowest BCUT2D eigenvalue weighted by Gasteiger charge is -2.13. The van der Waals surface area contributed by atoms with Gasteiger partial charge in [-0.05, 0) is 65.9 Å². The van der Waals surface area contributed by atoms with Crippen LogP contribution in [-0.4, -0.2) is 24.7 Å². The summed E-state index contributed by atoms with van der Waals surface area (Å²) in [4.78, 5) is 23.8. The van der Waals surface area contributed by atoms with Crippen molar-refractivity contribution in [1.29, 1.82) is 0 Å². The zero-order valence-electron chi connectivity index (χ0n) is 20.3. The fourth-order valence-electron chi connectivity index (χ4n) is 4.91. The summed E-state index contributed by atoms with van der Waals surface area (Å²) in [6.07, 6.45) is 2.64. The van der Waals surface area contributed by atoms with Gasteiger partial charge in [-0.25, -0.2) is 14.8 Å². The number of nitrogens with zero attached hydrogens (tertiary/aromatic N) is 4. The summed E-state index contributed by atoms with van der Waals surface area (Å²) >= 11 is 0. The highest BCUT2D eigenvalue weighted by molar-refractivity contribution is 5.93. The van der Waals surface area contributed by atoms with Gasteiger partial charge in [0, 0.05) is 17.7 Å². The first-order chi connectivity index (χ1) is 17.5. The molecule has 0 aliphatic carbocycles. The van der Waals surface area contributed by atoms with Crippen LogP contribution in [0.15, 0.2) is 57.8 Å². The summed E-state index contributed by atoms with van der Waals surface area (Å²) in [5.41, 5.74) is 9.02. The number of ether oxygens (including phenoxy) is 1. The highest BCUT2D eigenvalue weighted by Crippen LogP contribution is 2.38. The highest BCUT2D eigenvalue weighted by atomic mass is 16.5. The van der Waals surface area contributed by atoms with E-state index in [9.17, 15) is 4.79 Å². The number of aryl methyl sites for hydroxylation is 3. The molecule has 3 aromatic heterocycles. The molecule has 36 heavy (non-hydrogen) atoms. The molecule has 0 fully saturated rings. The Kier molecular flexibility index (Phi) is 5.29. The molecule has 1 aliphatic heterocycles. The summed E-state index contributed by atoms with van der Waals surface area (Å²) in [5, 5.41) is 3.84. The van der Waals surface area contributed by atoms with Gasteiger partial charge in [-0.3, -0.25) is 9.51 Å². The van der Waals surface area contributed by atoms with Crippen LogP contribution in [0.25, 0.3) is 22.8 Å². The molecule has 1 N–H and O–H groups in total. The highest BCUT2D eigenvalue weighted by Gasteiger charge is 2.21. The lowest BCUT2D eigenvalue weighted by Crippen LogP contribution is -2.07. The monoisotopic (exact) mass is 479 g/mol. The summed E-state index contributed by atoms with van der Waals surface area (Å²) in [7, 11) is 0. The van der Waals surface area contributed by atoms with Crippen LogP contribution < -0.4 is 10.5 Å². The molecule has 0 amide bonds. The van der Waals surface area contributed by atoms with Crippen molar-refractivity contribution in [3.8, 4) is 5.75 Å². The van der Waals surface area contributed by atoms with Crippen LogP contribution in [0, 0.1) is 13.8 Å². The Morgan fingerprint density at radius 1 is 1.08 bits per heavy atom. The molecule has 6 rings (SSSR count). The van der Waals surface area contributed by atoms with Crippen molar-refractivity contribution in [2.24, 2.45) is 0 Å². The van der Waals surface area contributed by atoms with E-state index in [0.29, 0.717) is 19.0 Å². The topological polar surface area (TPSA) is 98.8 Å². The molecule has 4 heterocycles. The minimum atomic E-state index is -0.589. The molecule has 8 heteroatoms. The van der Waals surface area contributed by atoms with Gasteiger partial charge < -0.3 is 9.30 Å². The number of H-pyrrole nitrogens is 1. The molecular weight excluding hydrogens is 454 g/mol. The standard InChI is InChI=1S/C28H25N5O3/c1-4-25-31-26-16(2)11-17(3)29-27(26)33(25)14-18-9-10-20-19(12-18)15-35-23-8-6-5-7-21(23)22(20)13-24-30-28(34)36-32-24/h5-13H,4,14-15H2,1-3H3,(H,30,32,34). The maximum atomic E-state index is 11.5. The van der Waals surface area contributed by atoms with E-state index >= 15 is 0 Å². The second kappa shape index (κ2) is 8.64. The number of aromatic amines is 1. The number of pyridine rings is 1. The van der Waals surface area contributed by atoms with Crippen molar-refractivity contribution < 1.29 is 9.26 Å². The predicted molar refractivity (Wildman–Crippen MR) is 137 cm³/mol. The molecule has 0 saturated carbocycles. The smallest absolute Gasteiger partial charge is 0.439 e. The zero-order chi connectivity index (χ0) is 24.8. The van der Waals surface area contributed by atoms with E-state index in [0.717, 1.165) is 68.2 Å². The zero-order valence-corrected chi connectivity index (χ0v) is 20.3. The number of fused-ring (bicyclic) bond motifs is 3. The number of benzene rings is 2. The fourth-order valence-corrected chi connectivity index (χ4v) is 4.91. The third-order valence-corrected chi connectivity index (χ3v) is 6.52. The molecule has 1 aliphatic rings. The van der Waals surface area contributed by atoms with E-state index in [1.807, 2.05) is 37.3 Å². The number of aromatic nitrogens is 5. The van der Waals surface area contributed by atoms with Crippen molar-refractivity contribution in [1.82, 2.24) is 24.7 Å². The Bertz CT molecular complexity index is 1710. The molecule has 0 spiro atoms. The lowest BCUT2D eigenvalue weighted by atomic mass is 9.92. The number of nitrogens with one attached hydrogen (secondary N) is 1. The Morgan fingerprint density at radius 3 is 2.75 bits per heavy atom. The molecule has 0 saturated heterocycles.